The van der Waals surface area contributed by atoms with Crippen LogP contribution in [0.5, 0.6) is 5.75 Å². The molecule has 156 valence electrons. The molecule has 1 heterocycles. The number of ether oxygens (including phenoxy) is 1. The van der Waals surface area contributed by atoms with Gasteiger partial charge in [-0.25, -0.2) is 0 Å². The van der Waals surface area contributed by atoms with Gasteiger partial charge >= 0.3 is 0 Å². The maximum absolute atomic E-state index is 13.1. The maximum Gasteiger partial charge on any atom is 0.254 e. The molecule has 0 saturated heterocycles. The van der Waals surface area contributed by atoms with Crippen molar-refractivity contribution in [2.24, 2.45) is 0 Å². The first-order chi connectivity index (χ1) is 14.5. The molecule has 3 rings (SSSR count). The highest BCUT2D eigenvalue weighted by molar-refractivity contribution is 5.99. The van der Waals surface area contributed by atoms with E-state index in [-0.39, 0.29) is 24.9 Å². The number of hydrogen-bond donors (Lipinski definition) is 1. The number of methoxy groups -OCH3 is 1. The van der Waals surface area contributed by atoms with Crippen molar-refractivity contribution in [2.75, 3.05) is 19.0 Å². The Hall–Kier alpha value is -3.54. The molecule has 0 aliphatic rings. The van der Waals surface area contributed by atoms with Gasteiger partial charge in [0.05, 0.1) is 25.6 Å². The van der Waals surface area contributed by atoms with Gasteiger partial charge in [-0.15, -0.1) is 0 Å². The first-order valence-corrected chi connectivity index (χ1v) is 9.82. The van der Waals surface area contributed by atoms with E-state index in [1.807, 2.05) is 18.2 Å². The standard InChI is InChI=1S/C24H26N2O4/c1-17(2)18-10-12-19(13-11-18)24(28)26(15-20-7-6-14-30-20)16-23(27)25-21-8-4-5-9-22(21)29-3/h4-14,17H,15-16H2,1-3H3,(H,25,27). The predicted octanol–water partition coefficient (Wildman–Crippen LogP) is 4.69. The minimum absolute atomic E-state index is 0.122. The van der Waals surface area contributed by atoms with Crippen LogP contribution in [-0.2, 0) is 11.3 Å². The third kappa shape index (κ3) is 5.29. The average Bonchev–Trinajstić information content (AvgIpc) is 3.26. The Balaban J connectivity index is 1.78. The summed E-state index contributed by atoms with van der Waals surface area (Å²) in [5.74, 6) is 0.973. The van der Waals surface area contributed by atoms with Crippen LogP contribution >= 0.6 is 0 Å². The number of nitrogens with zero attached hydrogens (tertiary/aromatic N) is 1. The SMILES string of the molecule is COc1ccccc1NC(=O)CN(Cc1ccco1)C(=O)c1ccc(C(C)C)cc1. The second-order valence-electron chi connectivity index (χ2n) is 7.27. The Morgan fingerprint density at radius 3 is 2.40 bits per heavy atom. The van der Waals surface area contributed by atoms with Crippen LogP contribution in [0, 0.1) is 0 Å². The fraction of sp³-hybridized carbons (Fsp3) is 0.250. The average molecular weight is 406 g/mol. The summed E-state index contributed by atoms with van der Waals surface area (Å²) in [7, 11) is 1.54. The van der Waals surface area contributed by atoms with E-state index in [9.17, 15) is 9.59 Å². The van der Waals surface area contributed by atoms with Crippen LogP contribution in [0.4, 0.5) is 5.69 Å². The van der Waals surface area contributed by atoms with Gasteiger partial charge in [-0.2, -0.15) is 0 Å². The molecular weight excluding hydrogens is 380 g/mol. The van der Waals surface area contributed by atoms with E-state index in [2.05, 4.69) is 19.2 Å². The molecule has 3 aromatic rings. The van der Waals surface area contributed by atoms with E-state index in [1.54, 1.807) is 55.8 Å². The number of furan rings is 1. The quantitative estimate of drug-likeness (QED) is 0.589. The van der Waals surface area contributed by atoms with Crippen molar-refractivity contribution >= 4 is 17.5 Å². The van der Waals surface area contributed by atoms with E-state index in [0.29, 0.717) is 28.7 Å². The Labute approximate surface area is 176 Å². The highest BCUT2D eigenvalue weighted by Gasteiger charge is 2.21. The van der Waals surface area contributed by atoms with E-state index in [0.717, 1.165) is 5.56 Å². The Bertz CT molecular complexity index is 979. The highest BCUT2D eigenvalue weighted by Crippen LogP contribution is 2.23. The zero-order valence-corrected chi connectivity index (χ0v) is 17.4. The molecular formula is C24H26N2O4. The largest absolute Gasteiger partial charge is 0.495 e. The number of para-hydroxylation sites is 2. The third-order valence-electron chi connectivity index (χ3n) is 4.75. The van der Waals surface area contributed by atoms with Crippen molar-refractivity contribution in [2.45, 2.75) is 26.3 Å². The normalized spacial score (nSPS) is 10.7. The lowest BCUT2D eigenvalue weighted by atomic mass is 10.0. The zero-order valence-electron chi connectivity index (χ0n) is 17.4. The van der Waals surface area contributed by atoms with E-state index in [1.165, 1.54) is 4.90 Å². The minimum atomic E-state index is -0.321. The predicted molar refractivity (Wildman–Crippen MR) is 116 cm³/mol. The fourth-order valence-electron chi connectivity index (χ4n) is 3.09. The molecule has 0 atom stereocenters. The van der Waals surface area contributed by atoms with Crippen molar-refractivity contribution in [3.8, 4) is 5.75 Å². The Morgan fingerprint density at radius 1 is 1.03 bits per heavy atom. The molecule has 0 saturated carbocycles. The minimum Gasteiger partial charge on any atom is -0.495 e. The maximum atomic E-state index is 13.1. The first-order valence-electron chi connectivity index (χ1n) is 9.82. The lowest BCUT2D eigenvalue weighted by molar-refractivity contribution is -0.117. The van der Waals surface area contributed by atoms with Gasteiger partial charge in [0.1, 0.15) is 18.1 Å². The number of amides is 2. The Kier molecular flexibility index (Phi) is 6.91. The molecule has 0 aliphatic heterocycles. The van der Waals surface area contributed by atoms with Crippen molar-refractivity contribution < 1.29 is 18.7 Å². The second kappa shape index (κ2) is 9.78. The first kappa shape index (κ1) is 21.2. The van der Waals surface area contributed by atoms with Crippen LogP contribution in [0.1, 0.15) is 41.4 Å². The van der Waals surface area contributed by atoms with Crippen LogP contribution in [0.25, 0.3) is 0 Å². The molecule has 0 radical (unpaired) electrons. The molecule has 0 aliphatic carbocycles. The number of hydrogen-bond acceptors (Lipinski definition) is 4. The molecule has 2 aromatic carbocycles. The number of carbonyl (C=O) groups is 2. The summed E-state index contributed by atoms with van der Waals surface area (Å²) in [5, 5.41) is 2.81. The van der Waals surface area contributed by atoms with Gasteiger partial charge in [0.15, 0.2) is 0 Å². The van der Waals surface area contributed by atoms with E-state index in [4.69, 9.17) is 9.15 Å². The summed E-state index contributed by atoms with van der Waals surface area (Å²) in [6, 6.07) is 18.1. The van der Waals surface area contributed by atoms with Crippen LogP contribution < -0.4 is 10.1 Å². The fourth-order valence-corrected chi connectivity index (χ4v) is 3.09. The molecule has 2 amide bonds. The van der Waals surface area contributed by atoms with Gasteiger partial charge in [0.2, 0.25) is 5.91 Å². The van der Waals surface area contributed by atoms with Crippen molar-refractivity contribution in [1.82, 2.24) is 4.90 Å². The molecule has 6 nitrogen and oxygen atoms in total. The summed E-state index contributed by atoms with van der Waals surface area (Å²) in [4.78, 5) is 27.3. The van der Waals surface area contributed by atoms with Gasteiger partial charge in [-0.05, 0) is 47.9 Å². The van der Waals surface area contributed by atoms with Gasteiger partial charge < -0.3 is 19.4 Å². The molecule has 0 unspecified atom stereocenters. The van der Waals surface area contributed by atoms with Crippen molar-refractivity contribution in [1.29, 1.82) is 0 Å². The molecule has 0 spiro atoms. The van der Waals surface area contributed by atoms with Gasteiger partial charge in [-0.3, -0.25) is 9.59 Å². The molecule has 1 aromatic heterocycles. The smallest absolute Gasteiger partial charge is 0.254 e. The van der Waals surface area contributed by atoms with Crippen LogP contribution in [0.3, 0.4) is 0 Å². The summed E-state index contributed by atoms with van der Waals surface area (Å²) in [6.45, 7) is 4.27. The Morgan fingerprint density at radius 2 is 1.77 bits per heavy atom. The number of benzene rings is 2. The van der Waals surface area contributed by atoms with Crippen molar-refractivity contribution in [3.05, 3.63) is 83.8 Å². The number of carbonyl (C=O) groups excluding carboxylic acids is 2. The van der Waals surface area contributed by atoms with Gasteiger partial charge in [-0.1, -0.05) is 38.1 Å². The molecule has 0 bridgehead atoms. The van der Waals surface area contributed by atoms with Gasteiger partial charge in [0.25, 0.3) is 5.91 Å². The highest BCUT2D eigenvalue weighted by atomic mass is 16.5. The summed E-state index contributed by atoms with van der Waals surface area (Å²) < 4.78 is 10.7. The number of rotatable bonds is 8. The number of anilines is 1. The van der Waals surface area contributed by atoms with E-state index < -0.39 is 0 Å². The van der Waals surface area contributed by atoms with Crippen molar-refractivity contribution in [3.63, 3.8) is 0 Å². The summed E-state index contributed by atoms with van der Waals surface area (Å²) >= 11 is 0. The van der Waals surface area contributed by atoms with Crippen LogP contribution in [0.15, 0.2) is 71.3 Å². The second-order valence-corrected chi connectivity index (χ2v) is 7.27. The lowest BCUT2D eigenvalue weighted by Gasteiger charge is -2.22. The lowest BCUT2D eigenvalue weighted by Crippen LogP contribution is -2.37. The topological polar surface area (TPSA) is 71.8 Å². The molecule has 1 N–H and O–H groups in total. The molecule has 0 fully saturated rings. The summed E-state index contributed by atoms with van der Waals surface area (Å²) in [6.07, 6.45) is 1.55. The molecule has 6 heteroatoms. The van der Waals surface area contributed by atoms with E-state index >= 15 is 0 Å². The monoisotopic (exact) mass is 406 g/mol. The van der Waals surface area contributed by atoms with Gasteiger partial charge in [0, 0.05) is 5.56 Å². The van der Waals surface area contributed by atoms with Crippen LogP contribution in [0.2, 0.25) is 0 Å². The molecule has 30 heavy (non-hydrogen) atoms. The van der Waals surface area contributed by atoms with Crippen LogP contribution in [-0.4, -0.2) is 30.4 Å². The number of nitrogens with one attached hydrogen (secondary N) is 1. The summed E-state index contributed by atoms with van der Waals surface area (Å²) in [5.41, 5.74) is 2.23. The third-order valence-corrected chi connectivity index (χ3v) is 4.75. The zero-order chi connectivity index (χ0) is 21.5.